The van der Waals surface area contributed by atoms with Crippen LogP contribution >= 0.6 is 0 Å². The first kappa shape index (κ1) is 14.2. The highest BCUT2D eigenvalue weighted by Crippen LogP contribution is 2.29. The third kappa shape index (κ3) is 4.86. The summed E-state index contributed by atoms with van der Waals surface area (Å²) in [6.07, 6.45) is 7.50. The fourth-order valence-electron chi connectivity index (χ4n) is 2.36. The summed E-state index contributed by atoms with van der Waals surface area (Å²) >= 11 is 0. The van der Waals surface area contributed by atoms with Gasteiger partial charge < -0.3 is 5.11 Å². The van der Waals surface area contributed by atoms with E-state index in [1.165, 1.54) is 5.57 Å². The lowest BCUT2D eigenvalue weighted by atomic mass is 9.80. The fraction of sp³-hybridized carbons (Fsp3) is 0.667. The Morgan fingerprint density at radius 2 is 2.24 bits per heavy atom. The van der Waals surface area contributed by atoms with Crippen molar-refractivity contribution >= 4 is 5.78 Å². The number of aliphatic hydroxyl groups is 1. The topological polar surface area (TPSA) is 37.3 Å². The summed E-state index contributed by atoms with van der Waals surface area (Å²) < 4.78 is 0. The Morgan fingerprint density at radius 1 is 1.53 bits per heavy atom. The molecule has 0 unspecified atom stereocenters. The van der Waals surface area contributed by atoms with E-state index in [4.69, 9.17) is 5.11 Å². The van der Waals surface area contributed by atoms with Gasteiger partial charge in [-0.2, -0.15) is 0 Å². The summed E-state index contributed by atoms with van der Waals surface area (Å²) in [5, 5.41) is 9.16. The first-order chi connectivity index (χ1) is 8.02. The molecule has 0 heterocycles. The molecule has 1 aliphatic carbocycles. The normalized spacial score (nSPS) is 28.9. The van der Waals surface area contributed by atoms with Crippen molar-refractivity contribution in [3.8, 4) is 0 Å². The van der Waals surface area contributed by atoms with Crippen molar-refractivity contribution in [3.05, 3.63) is 23.3 Å². The molecule has 0 fully saturated rings. The standard InChI is InChI=1S/C15H24O2/c1-11(2)4-6-14-7-5-13(10-16)9-15(17)8-12(14)3/h4,9,12,14,16H,5-8,10H2,1-3H3/b13-9+/t12-,14+/m0/s1. The Kier molecular flexibility index (Phi) is 5.63. The summed E-state index contributed by atoms with van der Waals surface area (Å²) in [4.78, 5) is 11.7. The van der Waals surface area contributed by atoms with Gasteiger partial charge in [0.05, 0.1) is 6.61 Å². The Labute approximate surface area is 104 Å². The van der Waals surface area contributed by atoms with Crippen LogP contribution in [0.4, 0.5) is 0 Å². The molecular formula is C15H24O2. The van der Waals surface area contributed by atoms with Gasteiger partial charge in [0, 0.05) is 6.42 Å². The van der Waals surface area contributed by atoms with E-state index in [2.05, 4.69) is 26.8 Å². The number of aliphatic hydroxyl groups excluding tert-OH is 1. The van der Waals surface area contributed by atoms with Gasteiger partial charge in [0.15, 0.2) is 5.78 Å². The van der Waals surface area contributed by atoms with Crippen molar-refractivity contribution in [2.45, 2.75) is 46.5 Å². The van der Waals surface area contributed by atoms with Gasteiger partial charge in [-0.25, -0.2) is 0 Å². The molecule has 0 amide bonds. The summed E-state index contributed by atoms with van der Waals surface area (Å²) in [6.45, 7) is 6.41. The van der Waals surface area contributed by atoms with E-state index >= 15 is 0 Å². The third-order valence-corrected chi connectivity index (χ3v) is 3.56. The fourth-order valence-corrected chi connectivity index (χ4v) is 2.36. The average molecular weight is 236 g/mol. The first-order valence-corrected chi connectivity index (χ1v) is 6.49. The maximum atomic E-state index is 11.7. The molecule has 0 bridgehead atoms. The van der Waals surface area contributed by atoms with E-state index in [0.29, 0.717) is 18.3 Å². The molecule has 0 saturated heterocycles. The quantitative estimate of drug-likeness (QED) is 0.764. The number of rotatable bonds is 3. The molecule has 2 atom stereocenters. The Balaban J connectivity index is 2.71. The molecule has 0 aliphatic heterocycles. The van der Waals surface area contributed by atoms with Crippen molar-refractivity contribution < 1.29 is 9.90 Å². The molecule has 1 N–H and O–H groups in total. The lowest BCUT2D eigenvalue weighted by Gasteiger charge is -2.24. The zero-order chi connectivity index (χ0) is 12.8. The molecule has 1 aliphatic rings. The Hall–Kier alpha value is -0.890. The van der Waals surface area contributed by atoms with Crippen molar-refractivity contribution in [3.63, 3.8) is 0 Å². The monoisotopic (exact) mass is 236 g/mol. The van der Waals surface area contributed by atoms with E-state index in [1.54, 1.807) is 6.08 Å². The van der Waals surface area contributed by atoms with Crippen LogP contribution in [0.5, 0.6) is 0 Å². The highest BCUT2D eigenvalue weighted by molar-refractivity contribution is 5.90. The van der Waals surface area contributed by atoms with Crippen LogP contribution < -0.4 is 0 Å². The van der Waals surface area contributed by atoms with Gasteiger partial charge in [-0.1, -0.05) is 18.6 Å². The van der Waals surface area contributed by atoms with Gasteiger partial charge in [-0.05, 0) is 56.6 Å². The van der Waals surface area contributed by atoms with Crippen LogP contribution in [-0.4, -0.2) is 17.5 Å². The number of carbonyl (C=O) groups excluding carboxylic acids is 1. The largest absolute Gasteiger partial charge is 0.392 e. The molecule has 2 nitrogen and oxygen atoms in total. The molecule has 1 rings (SSSR count). The summed E-state index contributed by atoms with van der Waals surface area (Å²) in [5.41, 5.74) is 2.23. The SMILES string of the molecule is CC(C)=CC[C@@H]1CC/C(CO)=C\C(=O)C[C@@H]1C. The second-order valence-electron chi connectivity index (χ2n) is 5.42. The van der Waals surface area contributed by atoms with Gasteiger partial charge in [-0.3, -0.25) is 4.79 Å². The summed E-state index contributed by atoms with van der Waals surface area (Å²) in [6, 6.07) is 0. The second-order valence-corrected chi connectivity index (χ2v) is 5.42. The van der Waals surface area contributed by atoms with Gasteiger partial charge >= 0.3 is 0 Å². The predicted octanol–water partition coefficient (Wildman–Crippen LogP) is 3.27. The molecule has 0 aromatic rings. The highest BCUT2D eigenvalue weighted by Gasteiger charge is 2.21. The van der Waals surface area contributed by atoms with Crippen LogP contribution in [0.25, 0.3) is 0 Å². The van der Waals surface area contributed by atoms with Crippen molar-refractivity contribution in [1.82, 2.24) is 0 Å². The zero-order valence-corrected chi connectivity index (χ0v) is 11.2. The van der Waals surface area contributed by atoms with Crippen LogP contribution in [0.15, 0.2) is 23.3 Å². The van der Waals surface area contributed by atoms with Crippen LogP contribution in [-0.2, 0) is 4.79 Å². The lowest BCUT2D eigenvalue weighted by Crippen LogP contribution is -2.18. The number of ketones is 1. The lowest BCUT2D eigenvalue weighted by molar-refractivity contribution is -0.115. The molecule has 0 radical (unpaired) electrons. The maximum Gasteiger partial charge on any atom is 0.156 e. The van der Waals surface area contributed by atoms with E-state index in [1.807, 2.05) is 0 Å². The average Bonchev–Trinajstić information content (AvgIpc) is 2.24. The molecular weight excluding hydrogens is 212 g/mol. The molecule has 0 spiro atoms. The summed E-state index contributed by atoms with van der Waals surface area (Å²) in [7, 11) is 0. The van der Waals surface area contributed by atoms with Gasteiger partial charge in [0.2, 0.25) is 0 Å². The Morgan fingerprint density at radius 3 is 2.82 bits per heavy atom. The minimum absolute atomic E-state index is 0.0233. The van der Waals surface area contributed by atoms with Crippen LogP contribution in [0.1, 0.15) is 46.5 Å². The molecule has 0 saturated carbocycles. The first-order valence-electron chi connectivity index (χ1n) is 6.49. The molecule has 0 aromatic heterocycles. The number of allylic oxidation sites excluding steroid dienone is 3. The van der Waals surface area contributed by atoms with Crippen LogP contribution in [0, 0.1) is 11.8 Å². The van der Waals surface area contributed by atoms with Crippen molar-refractivity contribution in [2.24, 2.45) is 11.8 Å². The number of hydrogen-bond donors (Lipinski definition) is 1. The van der Waals surface area contributed by atoms with Gasteiger partial charge in [0.25, 0.3) is 0 Å². The molecule has 17 heavy (non-hydrogen) atoms. The molecule has 0 aromatic carbocycles. The van der Waals surface area contributed by atoms with E-state index < -0.39 is 0 Å². The molecule has 2 heteroatoms. The minimum Gasteiger partial charge on any atom is -0.392 e. The second kappa shape index (κ2) is 6.75. The molecule has 96 valence electrons. The highest BCUT2D eigenvalue weighted by atomic mass is 16.3. The van der Waals surface area contributed by atoms with E-state index in [9.17, 15) is 4.79 Å². The van der Waals surface area contributed by atoms with Crippen LogP contribution in [0.3, 0.4) is 0 Å². The number of hydrogen-bond acceptors (Lipinski definition) is 2. The predicted molar refractivity (Wildman–Crippen MR) is 70.7 cm³/mol. The third-order valence-electron chi connectivity index (χ3n) is 3.56. The Bertz CT molecular complexity index is 322. The minimum atomic E-state index is 0.0233. The van der Waals surface area contributed by atoms with Crippen molar-refractivity contribution in [1.29, 1.82) is 0 Å². The zero-order valence-electron chi connectivity index (χ0n) is 11.2. The summed E-state index contributed by atoms with van der Waals surface area (Å²) in [5.74, 6) is 1.17. The van der Waals surface area contributed by atoms with Gasteiger partial charge in [0.1, 0.15) is 0 Å². The maximum absolute atomic E-state index is 11.7. The smallest absolute Gasteiger partial charge is 0.156 e. The van der Waals surface area contributed by atoms with Crippen molar-refractivity contribution in [2.75, 3.05) is 6.61 Å². The van der Waals surface area contributed by atoms with Crippen LogP contribution in [0.2, 0.25) is 0 Å². The number of carbonyl (C=O) groups is 1. The van der Waals surface area contributed by atoms with E-state index in [0.717, 1.165) is 24.8 Å². The van der Waals surface area contributed by atoms with Gasteiger partial charge in [-0.15, -0.1) is 0 Å². The van der Waals surface area contributed by atoms with E-state index in [-0.39, 0.29) is 12.4 Å².